The lowest BCUT2D eigenvalue weighted by Crippen LogP contribution is -2.03. The smallest absolute Gasteiger partial charge is 0.274 e. The van der Waals surface area contributed by atoms with Crippen LogP contribution < -0.4 is 5.32 Å². The Hall–Kier alpha value is -2.21. The summed E-state index contributed by atoms with van der Waals surface area (Å²) in [6.45, 7) is 0.0275. The summed E-state index contributed by atoms with van der Waals surface area (Å²) >= 11 is 5.78. The lowest BCUT2D eigenvalue weighted by atomic mass is 10.1. The average Bonchev–Trinajstić information content (AvgIpc) is 2.35. The fourth-order valence-electron chi connectivity index (χ4n) is 1.73. The Morgan fingerprint density at radius 3 is 2.40 bits per heavy atom. The van der Waals surface area contributed by atoms with Gasteiger partial charge in [0.2, 0.25) is 0 Å². The summed E-state index contributed by atoms with van der Waals surface area (Å²) in [4.78, 5) is 10.3. The van der Waals surface area contributed by atoms with Crippen molar-refractivity contribution in [2.45, 2.75) is 6.54 Å². The summed E-state index contributed by atoms with van der Waals surface area (Å²) in [5, 5.41) is 13.9. The lowest BCUT2D eigenvalue weighted by molar-refractivity contribution is -0.385. The van der Waals surface area contributed by atoms with Gasteiger partial charge in [-0.05, 0) is 24.3 Å². The van der Waals surface area contributed by atoms with Gasteiger partial charge in [0, 0.05) is 29.4 Å². The van der Waals surface area contributed by atoms with E-state index in [9.17, 15) is 18.9 Å². The first kappa shape index (κ1) is 14.2. The van der Waals surface area contributed by atoms with Crippen LogP contribution in [0.4, 0.5) is 20.2 Å². The van der Waals surface area contributed by atoms with Crippen LogP contribution in [-0.4, -0.2) is 4.92 Å². The number of anilines is 1. The van der Waals surface area contributed by atoms with Crippen molar-refractivity contribution in [1.82, 2.24) is 0 Å². The van der Waals surface area contributed by atoms with Crippen molar-refractivity contribution < 1.29 is 13.7 Å². The van der Waals surface area contributed by atoms with Crippen LogP contribution in [0, 0.1) is 21.7 Å². The van der Waals surface area contributed by atoms with Crippen LogP contribution in [0.1, 0.15) is 5.56 Å². The maximum atomic E-state index is 13.0. The molecule has 4 nitrogen and oxygen atoms in total. The molecule has 7 heteroatoms. The maximum Gasteiger partial charge on any atom is 0.274 e. The molecule has 0 aliphatic carbocycles. The van der Waals surface area contributed by atoms with Gasteiger partial charge in [-0.3, -0.25) is 10.1 Å². The van der Waals surface area contributed by atoms with E-state index in [1.165, 1.54) is 18.2 Å². The van der Waals surface area contributed by atoms with Crippen LogP contribution >= 0.6 is 11.6 Å². The summed E-state index contributed by atoms with van der Waals surface area (Å²) in [5.74, 6) is -1.46. The van der Waals surface area contributed by atoms with E-state index in [1.54, 1.807) is 0 Å². The van der Waals surface area contributed by atoms with Gasteiger partial charge in [0.1, 0.15) is 11.6 Å². The number of nitro benzene ring substituents is 1. The highest BCUT2D eigenvalue weighted by molar-refractivity contribution is 6.30. The molecule has 0 aromatic heterocycles. The average molecular weight is 299 g/mol. The van der Waals surface area contributed by atoms with Gasteiger partial charge in [-0.15, -0.1) is 0 Å². The minimum absolute atomic E-state index is 0.0275. The quantitative estimate of drug-likeness (QED) is 0.682. The van der Waals surface area contributed by atoms with Gasteiger partial charge in [-0.25, -0.2) is 8.78 Å². The molecule has 0 bridgehead atoms. The highest BCUT2D eigenvalue weighted by Gasteiger charge is 2.13. The molecule has 20 heavy (non-hydrogen) atoms. The van der Waals surface area contributed by atoms with Crippen molar-refractivity contribution in [1.29, 1.82) is 0 Å². The monoisotopic (exact) mass is 298 g/mol. The van der Waals surface area contributed by atoms with Gasteiger partial charge in [0.15, 0.2) is 0 Å². The van der Waals surface area contributed by atoms with Gasteiger partial charge >= 0.3 is 0 Å². The van der Waals surface area contributed by atoms with E-state index in [0.29, 0.717) is 10.6 Å². The number of benzene rings is 2. The lowest BCUT2D eigenvalue weighted by Gasteiger charge is -2.08. The second kappa shape index (κ2) is 5.83. The number of halogens is 3. The number of hydrogen-bond donors (Lipinski definition) is 1. The van der Waals surface area contributed by atoms with E-state index in [4.69, 9.17) is 11.6 Å². The first-order valence-electron chi connectivity index (χ1n) is 5.58. The summed E-state index contributed by atoms with van der Waals surface area (Å²) in [6.07, 6.45) is 0. The third-order valence-corrected chi connectivity index (χ3v) is 2.82. The van der Waals surface area contributed by atoms with Gasteiger partial charge in [-0.2, -0.15) is 0 Å². The number of hydrogen-bond acceptors (Lipinski definition) is 3. The highest BCUT2D eigenvalue weighted by atomic mass is 35.5. The number of nitrogens with zero attached hydrogens (tertiary/aromatic N) is 1. The highest BCUT2D eigenvalue weighted by Crippen LogP contribution is 2.24. The van der Waals surface area contributed by atoms with Crippen LogP contribution in [0.15, 0.2) is 36.4 Å². The molecule has 2 aromatic carbocycles. The van der Waals surface area contributed by atoms with Crippen LogP contribution in [-0.2, 0) is 6.54 Å². The molecular formula is C13H9ClF2N2O2. The molecule has 0 radical (unpaired) electrons. The van der Waals surface area contributed by atoms with Crippen LogP contribution in [0.2, 0.25) is 5.02 Å². The topological polar surface area (TPSA) is 55.2 Å². The molecule has 0 fully saturated rings. The summed E-state index contributed by atoms with van der Waals surface area (Å²) < 4.78 is 26.0. The minimum Gasteiger partial charge on any atom is -0.381 e. The third-order valence-electron chi connectivity index (χ3n) is 2.58. The Morgan fingerprint density at radius 2 is 1.80 bits per heavy atom. The Bertz CT molecular complexity index is 645. The molecule has 0 unspecified atom stereocenters. The SMILES string of the molecule is O=[N+]([O-])c1ccc(Cl)cc1CNc1cc(F)cc(F)c1. The standard InChI is InChI=1S/C13H9ClF2N2O2/c14-9-1-2-13(18(19)20)8(3-9)7-17-12-5-10(15)4-11(16)6-12/h1-6,17H,7H2. The zero-order chi connectivity index (χ0) is 14.7. The molecule has 0 amide bonds. The molecule has 104 valence electrons. The van der Waals surface area contributed by atoms with Gasteiger partial charge in [-0.1, -0.05) is 11.6 Å². The second-order valence-electron chi connectivity index (χ2n) is 4.04. The van der Waals surface area contributed by atoms with Crippen LogP contribution in [0.25, 0.3) is 0 Å². The largest absolute Gasteiger partial charge is 0.381 e. The normalized spacial score (nSPS) is 10.3. The molecule has 0 aliphatic rings. The third kappa shape index (κ3) is 3.42. The van der Waals surface area contributed by atoms with Gasteiger partial charge in [0.25, 0.3) is 5.69 Å². The van der Waals surface area contributed by atoms with E-state index >= 15 is 0 Å². The van der Waals surface area contributed by atoms with Crippen molar-refractivity contribution in [3.05, 3.63) is 68.7 Å². The molecule has 0 aliphatic heterocycles. The minimum atomic E-state index is -0.729. The van der Waals surface area contributed by atoms with E-state index in [2.05, 4.69) is 5.32 Å². The summed E-state index contributed by atoms with van der Waals surface area (Å²) in [7, 11) is 0. The first-order chi connectivity index (χ1) is 9.45. The fourth-order valence-corrected chi connectivity index (χ4v) is 1.92. The van der Waals surface area contributed by atoms with Crippen LogP contribution in [0.5, 0.6) is 0 Å². The van der Waals surface area contributed by atoms with Crippen LogP contribution in [0.3, 0.4) is 0 Å². The molecule has 1 N–H and O–H groups in total. The van der Waals surface area contributed by atoms with Crippen molar-refractivity contribution in [3.63, 3.8) is 0 Å². The molecule has 0 saturated heterocycles. The van der Waals surface area contributed by atoms with Gasteiger partial charge < -0.3 is 5.32 Å². The zero-order valence-electron chi connectivity index (χ0n) is 10.1. The molecule has 0 atom stereocenters. The second-order valence-corrected chi connectivity index (χ2v) is 4.48. The first-order valence-corrected chi connectivity index (χ1v) is 5.96. The Balaban J connectivity index is 2.22. The van der Waals surface area contributed by atoms with E-state index < -0.39 is 16.6 Å². The molecule has 0 heterocycles. The maximum absolute atomic E-state index is 13.0. The number of nitro groups is 1. The number of nitrogens with one attached hydrogen (secondary N) is 1. The molecule has 0 spiro atoms. The van der Waals surface area contributed by atoms with E-state index in [0.717, 1.165) is 18.2 Å². The summed E-state index contributed by atoms with van der Waals surface area (Å²) in [6, 6.07) is 7.06. The predicted octanol–water partition coefficient (Wildman–Crippen LogP) is 4.14. The predicted molar refractivity (Wildman–Crippen MR) is 71.8 cm³/mol. The fraction of sp³-hybridized carbons (Fsp3) is 0.0769. The van der Waals surface area contributed by atoms with Crippen molar-refractivity contribution in [2.24, 2.45) is 0 Å². The molecule has 0 saturated carbocycles. The van der Waals surface area contributed by atoms with Gasteiger partial charge in [0.05, 0.1) is 10.5 Å². The Labute approximate surface area is 118 Å². The summed E-state index contributed by atoms with van der Waals surface area (Å²) in [5.41, 5.74) is 0.405. The molecule has 2 rings (SSSR count). The molecular weight excluding hydrogens is 290 g/mol. The Kier molecular flexibility index (Phi) is 4.14. The Morgan fingerprint density at radius 1 is 1.15 bits per heavy atom. The van der Waals surface area contributed by atoms with Crippen molar-refractivity contribution in [2.75, 3.05) is 5.32 Å². The molecule has 2 aromatic rings. The van der Waals surface area contributed by atoms with E-state index in [-0.39, 0.29) is 17.9 Å². The van der Waals surface area contributed by atoms with Crippen molar-refractivity contribution in [3.8, 4) is 0 Å². The number of rotatable bonds is 4. The zero-order valence-corrected chi connectivity index (χ0v) is 10.8. The van der Waals surface area contributed by atoms with E-state index in [1.807, 2.05) is 0 Å². The van der Waals surface area contributed by atoms with Crippen molar-refractivity contribution >= 4 is 23.0 Å².